The molecule has 0 aliphatic carbocycles. The maximum atomic E-state index is 12.4. The average molecular weight is 275 g/mol. The molecule has 3 nitrogen and oxygen atoms in total. The highest BCUT2D eigenvalue weighted by atomic mass is 32.2. The molecule has 0 unspecified atom stereocenters. The second kappa shape index (κ2) is 6.58. The molecule has 1 rings (SSSR count). The zero-order valence-electron chi connectivity index (χ0n) is 10.2. The number of carbonyl (C=O) groups is 1. The van der Waals surface area contributed by atoms with Crippen LogP contribution in [0.2, 0.25) is 0 Å². The molecule has 6 heteroatoms. The molecule has 1 N–H and O–H groups in total. The Bertz CT molecular complexity index is 427. The molecular weight excluding hydrogens is 260 g/mol. The summed E-state index contributed by atoms with van der Waals surface area (Å²) in [5, 5.41) is 9.23. The normalized spacial score (nSPS) is 10.7. The summed E-state index contributed by atoms with van der Waals surface area (Å²) in [7, 11) is 1.47. The van der Waals surface area contributed by atoms with Gasteiger partial charge in [0, 0.05) is 11.9 Å². The molecule has 0 aliphatic heterocycles. The van der Waals surface area contributed by atoms with Crippen molar-refractivity contribution in [3.63, 3.8) is 0 Å². The summed E-state index contributed by atoms with van der Waals surface area (Å²) in [4.78, 5) is 13.2. The van der Waals surface area contributed by atoms with Gasteiger partial charge in [0.2, 0.25) is 0 Å². The third-order valence-corrected chi connectivity index (χ3v) is 3.28. The monoisotopic (exact) mass is 275 g/mol. The lowest BCUT2D eigenvalue weighted by Gasteiger charge is -2.22. The van der Waals surface area contributed by atoms with Gasteiger partial charge in [0.05, 0.1) is 17.8 Å². The molecule has 0 amide bonds. The summed E-state index contributed by atoms with van der Waals surface area (Å²) < 4.78 is 24.7. The van der Waals surface area contributed by atoms with Crippen LogP contribution in [0.15, 0.2) is 23.1 Å². The van der Waals surface area contributed by atoms with Gasteiger partial charge in [-0.05, 0) is 17.9 Å². The highest BCUT2D eigenvalue weighted by Gasteiger charge is 2.19. The molecule has 100 valence electrons. The van der Waals surface area contributed by atoms with E-state index >= 15 is 0 Å². The second-order valence-corrected chi connectivity index (χ2v) is 4.97. The first-order valence-corrected chi connectivity index (χ1v) is 6.44. The molecule has 1 aromatic rings. The van der Waals surface area contributed by atoms with Crippen molar-refractivity contribution in [1.82, 2.24) is 0 Å². The number of hydrogen-bond acceptors (Lipinski definition) is 3. The standard InChI is InChI=1S/C12H15F2NO2S/c1-3-18-9-6-4-5-8(11(9)12(16)17)15(2)7-10(13)14/h4-6,10H,3,7H2,1-2H3,(H,16,17). The number of rotatable bonds is 6. The number of thioether (sulfide) groups is 1. The van der Waals surface area contributed by atoms with Crippen LogP contribution >= 0.6 is 11.8 Å². The van der Waals surface area contributed by atoms with Gasteiger partial charge in [0.15, 0.2) is 0 Å². The number of carboxylic acid groups (broad SMARTS) is 1. The number of halogens is 2. The van der Waals surface area contributed by atoms with E-state index in [4.69, 9.17) is 0 Å². The summed E-state index contributed by atoms with van der Waals surface area (Å²) in [5.41, 5.74) is 0.411. The van der Waals surface area contributed by atoms with Gasteiger partial charge in [0.25, 0.3) is 6.43 Å². The van der Waals surface area contributed by atoms with E-state index in [2.05, 4.69) is 0 Å². The Hall–Kier alpha value is -1.30. The van der Waals surface area contributed by atoms with Gasteiger partial charge >= 0.3 is 5.97 Å². The first-order chi connectivity index (χ1) is 8.47. The summed E-state index contributed by atoms with van der Waals surface area (Å²) in [6, 6.07) is 4.92. The summed E-state index contributed by atoms with van der Waals surface area (Å²) in [5.74, 6) is -0.370. The highest BCUT2D eigenvalue weighted by Crippen LogP contribution is 2.30. The number of alkyl halides is 2. The summed E-state index contributed by atoms with van der Waals surface area (Å²) >= 11 is 1.39. The van der Waals surface area contributed by atoms with E-state index in [1.807, 2.05) is 6.92 Å². The van der Waals surface area contributed by atoms with Crippen LogP contribution in [0, 0.1) is 0 Å². The Morgan fingerprint density at radius 2 is 2.17 bits per heavy atom. The molecule has 0 saturated carbocycles. The van der Waals surface area contributed by atoms with E-state index in [-0.39, 0.29) is 5.56 Å². The molecule has 0 heterocycles. The van der Waals surface area contributed by atoms with Gasteiger partial charge < -0.3 is 10.0 Å². The predicted octanol–water partition coefficient (Wildman–Crippen LogP) is 3.20. The molecule has 0 atom stereocenters. The number of nitrogens with zero attached hydrogens (tertiary/aromatic N) is 1. The maximum Gasteiger partial charge on any atom is 0.338 e. The van der Waals surface area contributed by atoms with Gasteiger partial charge in [-0.2, -0.15) is 0 Å². The van der Waals surface area contributed by atoms with Gasteiger partial charge in [-0.15, -0.1) is 11.8 Å². The molecule has 18 heavy (non-hydrogen) atoms. The number of aromatic carboxylic acids is 1. The van der Waals surface area contributed by atoms with Crippen molar-refractivity contribution in [1.29, 1.82) is 0 Å². The number of benzene rings is 1. The Kier molecular flexibility index (Phi) is 5.40. The highest BCUT2D eigenvalue weighted by molar-refractivity contribution is 7.99. The Morgan fingerprint density at radius 1 is 1.50 bits per heavy atom. The van der Waals surface area contributed by atoms with Crippen molar-refractivity contribution in [3.8, 4) is 0 Å². The van der Waals surface area contributed by atoms with E-state index in [0.717, 1.165) is 5.75 Å². The number of hydrogen-bond donors (Lipinski definition) is 1. The van der Waals surface area contributed by atoms with E-state index in [0.29, 0.717) is 10.6 Å². The lowest BCUT2D eigenvalue weighted by Crippen LogP contribution is -2.26. The zero-order valence-corrected chi connectivity index (χ0v) is 11.0. The second-order valence-electron chi connectivity index (χ2n) is 3.66. The van der Waals surface area contributed by atoms with E-state index < -0.39 is 18.9 Å². The molecule has 0 radical (unpaired) electrons. The van der Waals surface area contributed by atoms with Gasteiger partial charge in [0.1, 0.15) is 0 Å². The lowest BCUT2D eigenvalue weighted by atomic mass is 10.1. The van der Waals surface area contributed by atoms with Crippen LogP contribution in [-0.4, -0.2) is 36.8 Å². The van der Waals surface area contributed by atoms with Gasteiger partial charge in [-0.1, -0.05) is 13.0 Å². The molecule has 0 saturated heterocycles. The van der Waals surface area contributed by atoms with Crippen molar-refractivity contribution in [2.24, 2.45) is 0 Å². The molecule has 0 aromatic heterocycles. The fraction of sp³-hybridized carbons (Fsp3) is 0.417. The Morgan fingerprint density at radius 3 is 2.67 bits per heavy atom. The molecule has 1 aromatic carbocycles. The Balaban J connectivity index is 3.17. The minimum absolute atomic E-state index is 0.0903. The summed E-state index contributed by atoms with van der Waals surface area (Å²) in [6.07, 6.45) is -2.50. The van der Waals surface area contributed by atoms with Crippen LogP contribution in [0.5, 0.6) is 0 Å². The van der Waals surface area contributed by atoms with Crippen molar-refractivity contribution >= 4 is 23.4 Å². The average Bonchev–Trinajstić information content (AvgIpc) is 2.27. The first-order valence-electron chi connectivity index (χ1n) is 5.45. The van der Waals surface area contributed by atoms with E-state index in [9.17, 15) is 18.7 Å². The largest absolute Gasteiger partial charge is 0.478 e. The molecule has 0 aliphatic rings. The van der Waals surface area contributed by atoms with Crippen molar-refractivity contribution in [3.05, 3.63) is 23.8 Å². The minimum Gasteiger partial charge on any atom is -0.478 e. The van der Waals surface area contributed by atoms with E-state index in [1.165, 1.54) is 23.7 Å². The zero-order chi connectivity index (χ0) is 13.7. The lowest BCUT2D eigenvalue weighted by molar-refractivity contribution is 0.0693. The van der Waals surface area contributed by atoms with Crippen molar-refractivity contribution < 1.29 is 18.7 Å². The smallest absolute Gasteiger partial charge is 0.338 e. The van der Waals surface area contributed by atoms with Crippen LogP contribution in [0.4, 0.5) is 14.5 Å². The van der Waals surface area contributed by atoms with E-state index in [1.54, 1.807) is 18.2 Å². The van der Waals surface area contributed by atoms with Gasteiger partial charge in [-0.25, -0.2) is 13.6 Å². The quantitative estimate of drug-likeness (QED) is 0.809. The molecule has 0 spiro atoms. The third-order valence-electron chi connectivity index (χ3n) is 2.34. The number of anilines is 1. The fourth-order valence-electron chi connectivity index (χ4n) is 1.63. The SMILES string of the molecule is CCSc1cccc(N(C)CC(F)F)c1C(=O)O. The summed E-state index contributed by atoms with van der Waals surface area (Å²) in [6.45, 7) is 1.42. The van der Waals surface area contributed by atoms with Crippen molar-refractivity contribution in [2.45, 2.75) is 18.2 Å². The molecule has 0 bridgehead atoms. The van der Waals surface area contributed by atoms with Crippen LogP contribution < -0.4 is 4.90 Å². The van der Waals surface area contributed by atoms with Crippen LogP contribution in [0.1, 0.15) is 17.3 Å². The minimum atomic E-state index is -2.50. The third kappa shape index (κ3) is 3.60. The van der Waals surface area contributed by atoms with Gasteiger partial charge in [-0.3, -0.25) is 0 Å². The fourth-order valence-corrected chi connectivity index (χ4v) is 2.46. The predicted molar refractivity (Wildman–Crippen MR) is 69.1 cm³/mol. The molecule has 0 fully saturated rings. The number of carboxylic acids is 1. The van der Waals surface area contributed by atoms with Crippen LogP contribution in [0.3, 0.4) is 0 Å². The van der Waals surface area contributed by atoms with Crippen molar-refractivity contribution in [2.75, 3.05) is 24.2 Å². The maximum absolute atomic E-state index is 12.4. The molecular formula is C12H15F2NO2S. The van der Waals surface area contributed by atoms with Crippen LogP contribution in [0.25, 0.3) is 0 Å². The Labute approximate surface area is 109 Å². The topological polar surface area (TPSA) is 40.5 Å². The van der Waals surface area contributed by atoms with Crippen LogP contribution in [-0.2, 0) is 0 Å². The first kappa shape index (κ1) is 14.8.